The second-order valence-electron chi connectivity index (χ2n) is 8.29. The third kappa shape index (κ3) is 3.26. The van der Waals surface area contributed by atoms with Crippen molar-refractivity contribution in [2.45, 2.75) is 51.7 Å². The Morgan fingerprint density at radius 2 is 1.83 bits per heavy atom. The molecule has 2 atom stereocenters. The van der Waals surface area contributed by atoms with E-state index in [1.807, 2.05) is 51.1 Å². The van der Waals surface area contributed by atoms with E-state index in [4.69, 9.17) is 0 Å². The highest BCUT2D eigenvalue weighted by atomic mass is 16.2. The molecule has 2 aliphatic rings. The van der Waals surface area contributed by atoms with E-state index in [2.05, 4.69) is 5.32 Å². The van der Waals surface area contributed by atoms with Crippen molar-refractivity contribution in [3.63, 3.8) is 0 Å². The Morgan fingerprint density at radius 3 is 2.53 bits per heavy atom. The topological polar surface area (TPSA) is 69.7 Å². The number of amides is 3. The van der Waals surface area contributed by atoms with Crippen LogP contribution >= 0.6 is 0 Å². The Hall–Kier alpha value is -3.15. The minimum absolute atomic E-state index is 0.0195. The van der Waals surface area contributed by atoms with Gasteiger partial charge in [0, 0.05) is 6.42 Å². The molecule has 0 aromatic heterocycles. The zero-order chi connectivity index (χ0) is 21.5. The number of hydrogen-bond donors (Lipinski definition) is 1. The van der Waals surface area contributed by atoms with Gasteiger partial charge >= 0.3 is 0 Å². The Bertz CT molecular complexity index is 1000. The summed E-state index contributed by atoms with van der Waals surface area (Å²) in [6.07, 6.45) is 1.61. The van der Waals surface area contributed by atoms with Crippen LogP contribution < -0.4 is 10.2 Å². The van der Waals surface area contributed by atoms with Gasteiger partial charge in [-0.1, -0.05) is 48.9 Å². The first-order chi connectivity index (χ1) is 14.3. The maximum atomic E-state index is 13.3. The molecule has 4 rings (SSSR count). The van der Waals surface area contributed by atoms with E-state index in [9.17, 15) is 14.4 Å². The zero-order valence-corrected chi connectivity index (χ0v) is 17.6. The number of carbonyl (C=O) groups is 3. The standard InChI is InChI=1S/C24H27N3O3/c1-4-19(17-11-9-16(2)10-12-17)25-21(28)15-26-23(30)18-7-5-6-8-20(18)27-22(29)13-14-24(26,27)3/h5-12,19H,4,13-15H2,1-3H3,(H,25,28)/t19-,24+/m1/s1. The highest BCUT2D eigenvalue weighted by molar-refractivity contribution is 6.11. The number of carbonyl (C=O) groups excluding carboxylic acids is 3. The summed E-state index contributed by atoms with van der Waals surface area (Å²) in [5.41, 5.74) is 2.47. The van der Waals surface area contributed by atoms with Crippen LogP contribution in [-0.2, 0) is 9.59 Å². The van der Waals surface area contributed by atoms with E-state index < -0.39 is 5.66 Å². The summed E-state index contributed by atoms with van der Waals surface area (Å²) in [6.45, 7) is 5.83. The number of anilines is 1. The zero-order valence-electron chi connectivity index (χ0n) is 17.6. The van der Waals surface area contributed by atoms with Gasteiger partial charge in [-0.25, -0.2) is 0 Å². The Labute approximate surface area is 176 Å². The second-order valence-corrected chi connectivity index (χ2v) is 8.29. The molecule has 0 saturated carbocycles. The van der Waals surface area contributed by atoms with Crippen molar-refractivity contribution < 1.29 is 14.4 Å². The highest BCUT2D eigenvalue weighted by Crippen LogP contribution is 2.43. The minimum atomic E-state index is -0.828. The molecule has 2 aromatic rings. The van der Waals surface area contributed by atoms with Gasteiger partial charge in [-0.15, -0.1) is 0 Å². The van der Waals surface area contributed by atoms with Gasteiger partial charge in [0.05, 0.1) is 17.3 Å². The number of fused-ring (bicyclic) bond motifs is 3. The molecule has 0 bridgehead atoms. The molecule has 2 aromatic carbocycles. The number of para-hydroxylation sites is 1. The molecule has 1 fully saturated rings. The molecule has 2 aliphatic heterocycles. The maximum absolute atomic E-state index is 13.3. The molecule has 0 radical (unpaired) electrons. The van der Waals surface area contributed by atoms with Crippen LogP contribution in [0, 0.1) is 6.92 Å². The molecular weight excluding hydrogens is 378 g/mol. The van der Waals surface area contributed by atoms with Crippen molar-refractivity contribution in [2.24, 2.45) is 0 Å². The molecular formula is C24H27N3O3. The number of nitrogens with zero attached hydrogens (tertiary/aromatic N) is 2. The average molecular weight is 405 g/mol. The lowest BCUT2D eigenvalue weighted by Crippen LogP contribution is -2.63. The third-order valence-corrected chi connectivity index (χ3v) is 6.27. The number of hydrogen-bond acceptors (Lipinski definition) is 3. The normalized spacial score (nSPS) is 21.3. The number of aryl methyl sites for hydroxylation is 1. The van der Waals surface area contributed by atoms with E-state index >= 15 is 0 Å². The number of rotatable bonds is 5. The lowest BCUT2D eigenvalue weighted by Gasteiger charge is -2.48. The van der Waals surface area contributed by atoms with E-state index in [0.29, 0.717) is 24.1 Å². The second kappa shape index (κ2) is 7.59. The molecule has 156 valence electrons. The maximum Gasteiger partial charge on any atom is 0.258 e. The summed E-state index contributed by atoms with van der Waals surface area (Å²) in [4.78, 5) is 42.1. The van der Waals surface area contributed by atoms with Gasteiger partial charge < -0.3 is 10.2 Å². The van der Waals surface area contributed by atoms with Crippen LogP contribution in [0.15, 0.2) is 48.5 Å². The van der Waals surface area contributed by atoms with E-state index in [1.165, 1.54) is 0 Å². The van der Waals surface area contributed by atoms with Gasteiger partial charge in [0.25, 0.3) is 5.91 Å². The molecule has 0 spiro atoms. The van der Waals surface area contributed by atoms with Gasteiger partial charge in [0.15, 0.2) is 0 Å². The monoisotopic (exact) mass is 405 g/mol. The lowest BCUT2D eigenvalue weighted by molar-refractivity contribution is -0.124. The molecule has 30 heavy (non-hydrogen) atoms. The first kappa shape index (κ1) is 20.1. The van der Waals surface area contributed by atoms with Crippen LogP contribution in [0.1, 0.15) is 60.6 Å². The lowest BCUT2D eigenvalue weighted by atomic mass is 9.98. The summed E-state index contributed by atoms with van der Waals surface area (Å²) in [5.74, 6) is -0.456. The van der Waals surface area contributed by atoms with Crippen LogP contribution in [0.3, 0.4) is 0 Å². The van der Waals surface area contributed by atoms with Crippen LogP contribution in [0.2, 0.25) is 0 Å². The smallest absolute Gasteiger partial charge is 0.258 e. The van der Waals surface area contributed by atoms with Gasteiger partial charge in [-0.3, -0.25) is 19.3 Å². The van der Waals surface area contributed by atoms with Crippen LogP contribution in [0.5, 0.6) is 0 Å². The number of nitrogens with one attached hydrogen (secondary N) is 1. The Balaban J connectivity index is 1.59. The van der Waals surface area contributed by atoms with E-state index in [-0.39, 0.29) is 30.3 Å². The fourth-order valence-electron chi connectivity index (χ4n) is 4.54. The van der Waals surface area contributed by atoms with E-state index in [1.54, 1.807) is 28.0 Å². The van der Waals surface area contributed by atoms with Gasteiger partial charge in [-0.05, 0) is 44.4 Å². The third-order valence-electron chi connectivity index (χ3n) is 6.27. The minimum Gasteiger partial charge on any atom is -0.348 e. The largest absolute Gasteiger partial charge is 0.348 e. The van der Waals surface area contributed by atoms with Crippen LogP contribution in [0.4, 0.5) is 5.69 Å². The van der Waals surface area contributed by atoms with Crippen LogP contribution in [-0.4, -0.2) is 34.8 Å². The Morgan fingerprint density at radius 1 is 1.13 bits per heavy atom. The van der Waals surface area contributed by atoms with Crippen molar-refractivity contribution >= 4 is 23.4 Å². The van der Waals surface area contributed by atoms with Gasteiger partial charge in [0.2, 0.25) is 11.8 Å². The highest BCUT2D eigenvalue weighted by Gasteiger charge is 2.53. The van der Waals surface area contributed by atoms with Crippen LogP contribution in [0.25, 0.3) is 0 Å². The summed E-state index contributed by atoms with van der Waals surface area (Å²) in [7, 11) is 0. The predicted octanol–water partition coefficient (Wildman–Crippen LogP) is 3.56. The molecule has 0 unspecified atom stereocenters. The quantitative estimate of drug-likeness (QED) is 0.827. The molecule has 1 N–H and O–H groups in total. The number of benzene rings is 2. The molecule has 6 nitrogen and oxygen atoms in total. The summed E-state index contributed by atoms with van der Waals surface area (Å²) < 4.78 is 0. The van der Waals surface area contributed by atoms with Crippen molar-refractivity contribution in [2.75, 3.05) is 11.4 Å². The van der Waals surface area contributed by atoms with Crippen molar-refractivity contribution in [1.29, 1.82) is 0 Å². The summed E-state index contributed by atoms with van der Waals surface area (Å²) in [5, 5.41) is 3.07. The average Bonchev–Trinajstić information content (AvgIpc) is 3.05. The fraction of sp³-hybridized carbons (Fsp3) is 0.375. The van der Waals surface area contributed by atoms with Gasteiger partial charge in [-0.2, -0.15) is 0 Å². The first-order valence-corrected chi connectivity index (χ1v) is 10.4. The molecule has 1 saturated heterocycles. The Kier molecular flexibility index (Phi) is 5.10. The molecule has 6 heteroatoms. The summed E-state index contributed by atoms with van der Waals surface area (Å²) >= 11 is 0. The van der Waals surface area contributed by atoms with Crippen molar-refractivity contribution in [3.05, 3.63) is 65.2 Å². The van der Waals surface area contributed by atoms with Gasteiger partial charge in [0.1, 0.15) is 12.2 Å². The molecule has 0 aliphatic carbocycles. The van der Waals surface area contributed by atoms with E-state index in [0.717, 1.165) is 17.5 Å². The fourth-order valence-corrected chi connectivity index (χ4v) is 4.54. The molecule has 2 heterocycles. The summed E-state index contributed by atoms with van der Waals surface area (Å²) in [6, 6.07) is 15.1. The molecule has 3 amide bonds. The SMILES string of the molecule is CC[C@@H](NC(=O)CN1C(=O)c2ccccc2N2C(=O)CC[C@@]12C)c1ccc(C)cc1. The van der Waals surface area contributed by atoms with Crippen molar-refractivity contribution in [1.82, 2.24) is 10.2 Å². The predicted molar refractivity (Wildman–Crippen MR) is 115 cm³/mol. The first-order valence-electron chi connectivity index (χ1n) is 10.4. The van der Waals surface area contributed by atoms with Crippen molar-refractivity contribution in [3.8, 4) is 0 Å².